The maximum Gasteiger partial charge on any atom is 0.252 e. The van der Waals surface area contributed by atoms with Crippen LogP contribution in [0.5, 0.6) is 0 Å². The van der Waals surface area contributed by atoms with Crippen LogP contribution in [0.25, 0.3) is 0 Å². The van der Waals surface area contributed by atoms with Gasteiger partial charge in [-0.25, -0.2) is 0 Å². The topological polar surface area (TPSA) is 29.1 Å². The third-order valence-electron chi connectivity index (χ3n) is 5.76. The Labute approximate surface area is 167 Å². The highest BCUT2D eigenvalue weighted by Crippen LogP contribution is 2.25. The van der Waals surface area contributed by atoms with Gasteiger partial charge in [0.25, 0.3) is 5.91 Å². The summed E-state index contributed by atoms with van der Waals surface area (Å²) < 4.78 is 0. The van der Waals surface area contributed by atoms with Gasteiger partial charge in [0.05, 0.1) is 6.04 Å². The lowest BCUT2D eigenvalue weighted by molar-refractivity contribution is 0.0939. The van der Waals surface area contributed by atoms with Crippen LogP contribution >= 0.6 is 0 Å². The number of amides is 1. The molecule has 0 saturated carbocycles. The molecule has 3 aromatic carbocycles. The number of carbonyl (C=O) groups excluding carboxylic acids is 1. The van der Waals surface area contributed by atoms with Crippen molar-refractivity contribution >= 4 is 5.91 Å². The van der Waals surface area contributed by atoms with E-state index in [1.807, 2.05) is 24.3 Å². The second-order valence-electron chi connectivity index (χ2n) is 7.72. The molecular weight excluding hydrogens is 342 g/mol. The Bertz CT molecular complexity index is 961. The van der Waals surface area contributed by atoms with Gasteiger partial charge < -0.3 is 5.32 Å². The summed E-state index contributed by atoms with van der Waals surface area (Å²) in [5.74, 6) is 0.0108. The van der Waals surface area contributed by atoms with Crippen LogP contribution in [-0.2, 0) is 25.7 Å². The number of hydrogen-bond donors (Lipinski definition) is 1. The van der Waals surface area contributed by atoms with Gasteiger partial charge in [0, 0.05) is 5.56 Å². The van der Waals surface area contributed by atoms with Gasteiger partial charge in [0.2, 0.25) is 0 Å². The Hall–Kier alpha value is -2.87. The summed E-state index contributed by atoms with van der Waals surface area (Å²) in [6.07, 6.45) is 5.39. The highest BCUT2D eigenvalue weighted by Gasteiger charge is 2.17. The van der Waals surface area contributed by atoms with Gasteiger partial charge in [-0.05, 0) is 72.9 Å². The first-order valence-corrected chi connectivity index (χ1v) is 10.2. The molecule has 0 fully saturated rings. The predicted octanol–water partition coefficient (Wildman–Crippen LogP) is 5.45. The number of rotatable bonds is 6. The van der Waals surface area contributed by atoms with Gasteiger partial charge >= 0.3 is 0 Å². The molecular formula is C26H27NO. The Balaban J connectivity index is 1.46. The molecule has 1 amide bonds. The summed E-state index contributed by atoms with van der Waals surface area (Å²) in [6, 6.07) is 25.1. The maximum absolute atomic E-state index is 13.0. The van der Waals surface area contributed by atoms with Gasteiger partial charge in [-0.1, -0.05) is 66.7 Å². The Morgan fingerprint density at radius 2 is 1.64 bits per heavy atom. The summed E-state index contributed by atoms with van der Waals surface area (Å²) in [5.41, 5.74) is 7.28. The molecule has 1 aliphatic rings. The molecule has 0 radical (unpaired) electrons. The highest BCUT2D eigenvalue weighted by atomic mass is 16.1. The molecule has 0 heterocycles. The highest BCUT2D eigenvalue weighted by molar-refractivity contribution is 5.95. The summed E-state index contributed by atoms with van der Waals surface area (Å²) in [4.78, 5) is 13.0. The van der Waals surface area contributed by atoms with E-state index in [2.05, 4.69) is 60.8 Å². The molecule has 2 heteroatoms. The van der Waals surface area contributed by atoms with Crippen molar-refractivity contribution in [2.24, 2.45) is 0 Å². The van der Waals surface area contributed by atoms with Crippen LogP contribution < -0.4 is 5.32 Å². The average Bonchev–Trinajstić information content (AvgIpc) is 3.21. The molecule has 0 bridgehead atoms. The van der Waals surface area contributed by atoms with Crippen molar-refractivity contribution in [1.29, 1.82) is 0 Å². The van der Waals surface area contributed by atoms with E-state index in [0.717, 1.165) is 30.4 Å². The lowest BCUT2D eigenvalue weighted by atomic mass is 9.98. The van der Waals surface area contributed by atoms with Gasteiger partial charge in [-0.3, -0.25) is 4.79 Å². The van der Waals surface area contributed by atoms with Crippen molar-refractivity contribution in [3.05, 3.63) is 106 Å². The van der Waals surface area contributed by atoms with Crippen LogP contribution in [0.15, 0.2) is 72.8 Å². The van der Waals surface area contributed by atoms with Crippen molar-refractivity contribution in [3.8, 4) is 0 Å². The number of carbonyl (C=O) groups is 1. The molecule has 0 aliphatic heterocycles. The van der Waals surface area contributed by atoms with Crippen LogP contribution in [0.1, 0.15) is 57.6 Å². The summed E-state index contributed by atoms with van der Waals surface area (Å²) in [6.45, 7) is 2.07. The van der Waals surface area contributed by atoms with E-state index in [1.54, 1.807) is 0 Å². The van der Waals surface area contributed by atoms with Crippen LogP contribution in [0.2, 0.25) is 0 Å². The minimum absolute atomic E-state index is 0.000537. The maximum atomic E-state index is 13.0. The molecule has 1 N–H and O–H groups in total. The van der Waals surface area contributed by atoms with E-state index < -0.39 is 0 Å². The molecule has 4 rings (SSSR count). The number of nitrogens with one attached hydrogen (secondary N) is 1. The van der Waals surface area contributed by atoms with Crippen LogP contribution in [-0.4, -0.2) is 5.91 Å². The van der Waals surface area contributed by atoms with E-state index in [4.69, 9.17) is 0 Å². The lowest BCUT2D eigenvalue weighted by Crippen LogP contribution is -2.27. The first-order valence-electron chi connectivity index (χ1n) is 10.2. The first-order chi connectivity index (χ1) is 13.7. The normalized spacial score (nSPS) is 13.8. The number of benzene rings is 3. The molecule has 0 aromatic heterocycles. The fourth-order valence-corrected chi connectivity index (χ4v) is 4.10. The fourth-order valence-electron chi connectivity index (χ4n) is 4.10. The Morgan fingerprint density at radius 1 is 0.893 bits per heavy atom. The van der Waals surface area contributed by atoms with Gasteiger partial charge in [0.1, 0.15) is 0 Å². The molecule has 1 atom stereocenters. The van der Waals surface area contributed by atoms with E-state index in [-0.39, 0.29) is 11.9 Å². The molecule has 142 valence electrons. The monoisotopic (exact) mass is 369 g/mol. The third kappa shape index (κ3) is 4.17. The van der Waals surface area contributed by atoms with E-state index >= 15 is 0 Å². The van der Waals surface area contributed by atoms with Crippen molar-refractivity contribution < 1.29 is 4.79 Å². The molecule has 1 aliphatic carbocycles. The van der Waals surface area contributed by atoms with Crippen LogP contribution in [0, 0.1) is 0 Å². The number of hydrogen-bond acceptors (Lipinski definition) is 1. The minimum atomic E-state index is 0.000537. The van der Waals surface area contributed by atoms with Crippen molar-refractivity contribution in [2.45, 2.75) is 45.1 Å². The smallest absolute Gasteiger partial charge is 0.252 e. The van der Waals surface area contributed by atoms with Crippen molar-refractivity contribution in [1.82, 2.24) is 5.32 Å². The Kier molecular flexibility index (Phi) is 5.57. The van der Waals surface area contributed by atoms with E-state index in [1.165, 1.54) is 35.1 Å². The standard InChI is InChI=1S/C26H27NO/c1-19(23-17-16-21-11-7-12-24(21)18-23)27-26(28)25-13-6-5-10-22(25)15-14-20-8-3-2-4-9-20/h2-6,8-10,13,16-19H,7,11-12,14-15H2,1H3,(H,27,28)/t19-/m1/s1. The molecule has 0 saturated heterocycles. The molecule has 0 unspecified atom stereocenters. The lowest BCUT2D eigenvalue weighted by Gasteiger charge is -2.17. The van der Waals surface area contributed by atoms with Gasteiger partial charge in [-0.15, -0.1) is 0 Å². The quantitative estimate of drug-likeness (QED) is 0.615. The minimum Gasteiger partial charge on any atom is -0.346 e. The zero-order valence-electron chi connectivity index (χ0n) is 16.4. The van der Waals surface area contributed by atoms with E-state index in [0.29, 0.717) is 0 Å². The fraction of sp³-hybridized carbons (Fsp3) is 0.269. The Morgan fingerprint density at radius 3 is 2.50 bits per heavy atom. The number of aryl methyl sites for hydroxylation is 4. The molecule has 0 spiro atoms. The van der Waals surface area contributed by atoms with Crippen LogP contribution in [0.3, 0.4) is 0 Å². The third-order valence-corrected chi connectivity index (χ3v) is 5.76. The largest absolute Gasteiger partial charge is 0.346 e. The SMILES string of the molecule is C[C@@H](NC(=O)c1ccccc1CCc1ccccc1)c1ccc2c(c1)CCC2. The van der Waals surface area contributed by atoms with Crippen molar-refractivity contribution in [2.75, 3.05) is 0 Å². The van der Waals surface area contributed by atoms with Crippen molar-refractivity contribution in [3.63, 3.8) is 0 Å². The second-order valence-corrected chi connectivity index (χ2v) is 7.72. The number of fused-ring (bicyclic) bond motifs is 1. The first kappa shape index (κ1) is 18.5. The molecule has 3 aromatic rings. The average molecular weight is 370 g/mol. The second kappa shape index (κ2) is 8.43. The van der Waals surface area contributed by atoms with Gasteiger partial charge in [0.15, 0.2) is 0 Å². The predicted molar refractivity (Wildman–Crippen MR) is 115 cm³/mol. The summed E-state index contributed by atoms with van der Waals surface area (Å²) in [5, 5.41) is 3.20. The van der Waals surface area contributed by atoms with Gasteiger partial charge in [-0.2, -0.15) is 0 Å². The zero-order valence-corrected chi connectivity index (χ0v) is 16.4. The van der Waals surface area contributed by atoms with Crippen LogP contribution in [0.4, 0.5) is 0 Å². The summed E-state index contributed by atoms with van der Waals surface area (Å²) in [7, 11) is 0. The zero-order chi connectivity index (χ0) is 19.3. The molecule has 2 nitrogen and oxygen atoms in total. The van der Waals surface area contributed by atoms with E-state index in [9.17, 15) is 4.79 Å². The molecule has 28 heavy (non-hydrogen) atoms. The summed E-state index contributed by atoms with van der Waals surface area (Å²) >= 11 is 0.